The lowest BCUT2D eigenvalue weighted by molar-refractivity contribution is 0.107. The average Bonchev–Trinajstić information content (AvgIpc) is 3.10. The fraction of sp³-hybridized carbons (Fsp3) is 0.385. The number of aromatic nitrogens is 2. The van der Waals surface area contributed by atoms with Gasteiger partial charge in [0.05, 0.1) is 0 Å². The van der Waals surface area contributed by atoms with Crippen molar-refractivity contribution in [3.05, 3.63) is 30.1 Å². The second kappa shape index (κ2) is 4.97. The zero-order valence-corrected chi connectivity index (χ0v) is 10.5. The van der Waals surface area contributed by atoms with Crippen LogP contribution >= 0.6 is 0 Å². The van der Waals surface area contributed by atoms with Crippen LogP contribution in [0.4, 0.5) is 10.4 Å². The topological polar surface area (TPSA) is 51.4 Å². The highest BCUT2D eigenvalue weighted by atomic mass is 19.1. The fourth-order valence-electron chi connectivity index (χ4n) is 2.09. The van der Waals surface area contributed by atoms with E-state index in [9.17, 15) is 4.39 Å². The molecular formula is C13H14FN3O2. The Hall–Kier alpha value is -1.95. The number of anilines is 1. The average molecular weight is 263 g/mol. The van der Waals surface area contributed by atoms with Crippen LogP contribution in [0.25, 0.3) is 11.4 Å². The van der Waals surface area contributed by atoms with Crippen molar-refractivity contribution in [3.63, 3.8) is 0 Å². The minimum absolute atomic E-state index is 0.0270. The molecule has 3 rings (SSSR count). The zero-order valence-electron chi connectivity index (χ0n) is 10.5. The van der Waals surface area contributed by atoms with Gasteiger partial charge in [0.15, 0.2) is 0 Å². The SMILES string of the molecule is CN(c1nc(-c2cccc(F)c2)no1)C1CCCO1. The number of ether oxygens (including phenoxy) is 1. The van der Waals surface area contributed by atoms with Gasteiger partial charge in [-0.25, -0.2) is 4.39 Å². The minimum Gasteiger partial charge on any atom is -0.358 e. The Morgan fingerprint density at radius 2 is 2.32 bits per heavy atom. The quantitative estimate of drug-likeness (QED) is 0.851. The summed E-state index contributed by atoms with van der Waals surface area (Å²) in [5, 5.41) is 3.87. The van der Waals surface area contributed by atoms with Crippen LogP contribution in [0.3, 0.4) is 0 Å². The van der Waals surface area contributed by atoms with Crippen molar-refractivity contribution in [1.29, 1.82) is 0 Å². The lowest BCUT2D eigenvalue weighted by Crippen LogP contribution is -2.30. The molecule has 0 saturated carbocycles. The smallest absolute Gasteiger partial charge is 0.326 e. The van der Waals surface area contributed by atoms with E-state index in [4.69, 9.17) is 9.26 Å². The summed E-state index contributed by atoms with van der Waals surface area (Å²) < 4.78 is 23.9. The van der Waals surface area contributed by atoms with Gasteiger partial charge in [0.1, 0.15) is 12.0 Å². The van der Waals surface area contributed by atoms with Crippen LogP contribution in [0.5, 0.6) is 0 Å². The second-order valence-corrected chi connectivity index (χ2v) is 4.49. The Kier molecular flexibility index (Phi) is 3.16. The largest absolute Gasteiger partial charge is 0.358 e. The number of nitrogens with zero attached hydrogens (tertiary/aromatic N) is 3. The molecule has 1 saturated heterocycles. The van der Waals surface area contributed by atoms with Crippen LogP contribution in [-0.2, 0) is 4.74 Å². The van der Waals surface area contributed by atoms with Crippen molar-refractivity contribution >= 4 is 6.01 Å². The predicted octanol–water partition coefficient (Wildman–Crippen LogP) is 2.45. The van der Waals surface area contributed by atoms with Crippen LogP contribution in [0, 0.1) is 5.82 Å². The third-order valence-corrected chi connectivity index (χ3v) is 3.14. The Balaban J connectivity index is 1.82. The Labute approximate surface area is 110 Å². The molecule has 19 heavy (non-hydrogen) atoms. The first kappa shape index (κ1) is 12.1. The molecule has 0 bridgehead atoms. The Morgan fingerprint density at radius 3 is 3.05 bits per heavy atom. The summed E-state index contributed by atoms with van der Waals surface area (Å²) in [7, 11) is 1.85. The molecule has 1 atom stereocenters. The van der Waals surface area contributed by atoms with Crippen molar-refractivity contribution in [2.24, 2.45) is 0 Å². The van der Waals surface area contributed by atoms with Gasteiger partial charge in [0.2, 0.25) is 5.82 Å². The number of benzene rings is 1. The van der Waals surface area contributed by atoms with E-state index in [1.54, 1.807) is 12.1 Å². The molecule has 2 aromatic rings. The molecule has 0 N–H and O–H groups in total. The maximum atomic E-state index is 13.1. The van der Waals surface area contributed by atoms with Gasteiger partial charge in [0.25, 0.3) is 0 Å². The predicted molar refractivity (Wildman–Crippen MR) is 67.1 cm³/mol. The monoisotopic (exact) mass is 263 g/mol. The van der Waals surface area contributed by atoms with E-state index in [2.05, 4.69) is 10.1 Å². The molecule has 5 nitrogen and oxygen atoms in total. The molecule has 1 aliphatic heterocycles. The van der Waals surface area contributed by atoms with Gasteiger partial charge in [-0.15, -0.1) is 0 Å². The normalized spacial score (nSPS) is 18.7. The Bertz CT molecular complexity index is 567. The summed E-state index contributed by atoms with van der Waals surface area (Å²) in [4.78, 5) is 6.08. The highest BCUT2D eigenvalue weighted by molar-refractivity contribution is 5.55. The van der Waals surface area contributed by atoms with Crippen molar-refractivity contribution in [1.82, 2.24) is 10.1 Å². The van der Waals surface area contributed by atoms with Crippen molar-refractivity contribution in [2.45, 2.75) is 19.1 Å². The molecule has 2 heterocycles. The maximum Gasteiger partial charge on any atom is 0.326 e. The third kappa shape index (κ3) is 2.44. The highest BCUT2D eigenvalue weighted by Crippen LogP contribution is 2.24. The summed E-state index contributed by atoms with van der Waals surface area (Å²) in [6.45, 7) is 0.750. The molecule has 100 valence electrons. The summed E-state index contributed by atoms with van der Waals surface area (Å²) in [5.74, 6) is 0.0516. The molecule has 0 amide bonds. The van der Waals surface area contributed by atoms with Gasteiger partial charge in [-0.3, -0.25) is 0 Å². The van der Waals surface area contributed by atoms with E-state index >= 15 is 0 Å². The molecule has 1 aromatic carbocycles. The first-order chi connectivity index (χ1) is 9.24. The van der Waals surface area contributed by atoms with E-state index in [0.717, 1.165) is 19.4 Å². The van der Waals surface area contributed by atoms with Crippen molar-refractivity contribution < 1.29 is 13.7 Å². The lowest BCUT2D eigenvalue weighted by Gasteiger charge is -2.20. The lowest BCUT2D eigenvalue weighted by atomic mass is 10.2. The molecule has 1 fully saturated rings. The number of hydrogen-bond acceptors (Lipinski definition) is 5. The number of halogens is 1. The zero-order chi connectivity index (χ0) is 13.2. The van der Waals surface area contributed by atoms with Gasteiger partial charge < -0.3 is 14.2 Å². The van der Waals surface area contributed by atoms with E-state index < -0.39 is 0 Å². The maximum absolute atomic E-state index is 13.1. The molecular weight excluding hydrogens is 249 g/mol. The molecule has 1 unspecified atom stereocenters. The van der Waals surface area contributed by atoms with Crippen molar-refractivity contribution in [2.75, 3.05) is 18.6 Å². The first-order valence-electron chi connectivity index (χ1n) is 6.18. The highest BCUT2D eigenvalue weighted by Gasteiger charge is 2.24. The van der Waals surface area contributed by atoms with Crippen LogP contribution in [0.2, 0.25) is 0 Å². The number of hydrogen-bond donors (Lipinski definition) is 0. The van der Waals surface area contributed by atoms with Crippen LogP contribution < -0.4 is 4.90 Å². The van der Waals surface area contributed by atoms with Gasteiger partial charge in [-0.2, -0.15) is 4.98 Å². The molecule has 6 heteroatoms. The van der Waals surface area contributed by atoms with Gasteiger partial charge in [-0.05, 0) is 25.0 Å². The van der Waals surface area contributed by atoms with Crippen LogP contribution in [0.15, 0.2) is 28.8 Å². The molecule has 0 spiro atoms. The summed E-state index contributed by atoms with van der Waals surface area (Å²) in [6, 6.07) is 6.49. The van der Waals surface area contributed by atoms with E-state index in [-0.39, 0.29) is 12.0 Å². The summed E-state index contributed by atoms with van der Waals surface area (Å²) in [6.07, 6.45) is 1.94. The van der Waals surface area contributed by atoms with Gasteiger partial charge in [0, 0.05) is 19.2 Å². The van der Waals surface area contributed by atoms with E-state index in [0.29, 0.717) is 17.4 Å². The van der Waals surface area contributed by atoms with E-state index in [1.165, 1.54) is 12.1 Å². The second-order valence-electron chi connectivity index (χ2n) is 4.49. The van der Waals surface area contributed by atoms with Gasteiger partial charge in [-0.1, -0.05) is 17.3 Å². The van der Waals surface area contributed by atoms with Crippen molar-refractivity contribution in [3.8, 4) is 11.4 Å². The van der Waals surface area contributed by atoms with E-state index in [1.807, 2.05) is 11.9 Å². The number of rotatable bonds is 3. The fourth-order valence-corrected chi connectivity index (χ4v) is 2.09. The summed E-state index contributed by atoms with van der Waals surface area (Å²) >= 11 is 0. The molecule has 1 aromatic heterocycles. The van der Waals surface area contributed by atoms with Crippen LogP contribution in [-0.4, -0.2) is 30.0 Å². The third-order valence-electron chi connectivity index (χ3n) is 3.14. The van der Waals surface area contributed by atoms with Gasteiger partial charge >= 0.3 is 6.01 Å². The molecule has 0 aliphatic carbocycles. The first-order valence-corrected chi connectivity index (χ1v) is 6.18. The minimum atomic E-state index is -0.323. The van der Waals surface area contributed by atoms with Crippen LogP contribution in [0.1, 0.15) is 12.8 Å². The molecule has 1 aliphatic rings. The molecule has 0 radical (unpaired) electrons. The summed E-state index contributed by atoms with van der Waals surface area (Å²) in [5.41, 5.74) is 0.593. The Morgan fingerprint density at radius 1 is 1.42 bits per heavy atom. The standard InChI is InChI=1S/C13H14FN3O2/c1-17(11-6-3-7-18-11)13-15-12(16-19-13)9-4-2-5-10(14)8-9/h2,4-5,8,11H,3,6-7H2,1H3.